The van der Waals surface area contributed by atoms with Gasteiger partial charge in [0.2, 0.25) is 0 Å². The topological polar surface area (TPSA) is 63.4 Å². The summed E-state index contributed by atoms with van der Waals surface area (Å²) < 4.78 is 7.63. The molecule has 1 aromatic carbocycles. The van der Waals surface area contributed by atoms with Crippen molar-refractivity contribution in [3.63, 3.8) is 0 Å². The van der Waals surface area contributed by atoms with Crippen molar-refractivity contribution in [2.75, 3.05) is 26.2 Å². The van der Waals surface area contributed by atoms with Gasteiger partial charge in [-0.1, -0.05) is 23.7 Å². The summed E-state index contributed by atoms with van der Waals surface area (Å²) in [5.41, 5.74) is 0.828. The lowest BCUT2D eigenvalue weighted by molar-refractivity contribution is -0.0474. The van der Waals surface area contributed by atoms with Crippen molar-refractivity contribution >= 4 is 11.6 Å². The quantitative estimate of drug-likeness (QED) is 0.926. The molecule has 2 aromatic rings. The van der Waals surface area contributed by atoms with Crippen molar-refractivity contribution in [1.82, 2.24) is 19.7 Å². The lowest BCUT2D eigenvalue weighted by atomic mass is 10.1. The summed E-state index contributed by atoms with van der Waals surface area (Å²) in [5, 5.41) is 19.0. The Bertz CT molecular complexity index is 634. The fourth-order valence-electron chi connectivity index (χ4n) is 2.67. The molecule has 2 unspecified atom stereocenters. The lowest BCUT2D eigenvalue weighted by Crippen LogP contribution is -2.41. The van der Waals surface area contributed by atoms with Crippen molar-refractivity contribution in [1.29, 1.82) is 0 Å². The fraction of sp³-hybridized carbons (Fsp3) is 0.467. The Morgan fingerprint density at radius 1 is 1.50 bits per heavy atom. The zero-order valence-electron chi connectivity index (χ0n) is 12.4. The lowest BCUT2D eigenvalue weighted by Gasteiger charge is -2.33. The molecule has 0 saturated carbocycles. The number of benzene rings is 1. The summed E-state index contributed by atoms with van der Waals surface area (Å²) in [4.78, 5) is 2.18. The van der Waals surface area contributed by atoms with E-state index in [1.807, 2.05) is 23.7 Å². The molecule has 0 radical (unpaired) electrons. The van der Waals surface area contributed by atoms with Gasteiger partial charge in [-0.3, -0.25) is 4.90 Å². The van der Waals surface area contributed by atoms with E-state index in [9.17, 15) is 5.11 Å². The SMILES string of the molecule is Cn1cnnc1C1CN(CC(O)c2cccc(Cl)c2)CCO1. The van der Waals surface area contributed by atoms with Crippen molar-refractivity contribution < 1.29 is 9.84 Å². The van der Waals surface area contributed by atoms with E-state index in [0.29, 0.717) is 24.7 Å². The van der Waals surface area contributed by atoms with Gasteiger partial charge in [0.1, 0.15) is 12.4 Å². The molecule has 1 N–H and O–H groups in total. The van der Waals surface area contributed by atoms with Gasteiger partial charge in [0.25, 0.3) is 0 Å². The molecule has 1 aromatic heterocycles. The average Bonchev–Trinajstić information content (AvgIpc) is 2.94. The van der Waals surface area contributed by atoms with Gasteiger partial charge in [-0.05, 0) is 17.7 Å². The molecule has 0 aliphatic carbocycles. The Balaban J connectivity index is 1.64. The second-order valence-corrected chi connectivity index (χ2v) is 5.93. The standard InChI is InChI=1S/C15H19ClN4O2/c1-19-10-17-18-15(19)14-9-20(5-6-22-14)8-13(21)11-3-2-4-12(16)7-11/h2-4,7,10,13-14,21H,5-6,8-9H2,1H3. The van der Waals surface area contributed by atoms with Gasteiger partial charge in [-0.25, -0.2) is 0 Å². The largest absolute Gasteiger partial charge is 0.387 e. The molecule has 3 rings (SSSR count). The van der Waals surface area contributed by atoms with Crippen LogP contribution >= 0.6 is 11.6 Å². The molecular weight excluding hydrogens is 304 g/mol. The third kappa shape index (κ3) is 3.47. The van der Waals surface area contributed by atoms with Gasteiger partial charge < -0.3 is 14.4 Å². The molecule has 1 saturated heterocycles. The van der Waals surface area contributed by atoms with Crippen molar-refractivity contribution in [3.05, 3.63) is 47.0 Å². The molecule has 2 heterocycles. The predicted octanol–water partition coefficient (Wildman–Crippen LogP) is 1.58. The molecule has 6 nitrogen and oxygen atoms in total. The summed E-state index contributed by atoms with van der Waals surface area (Å²) in [7, 11) is 1.90. The van der Waals surface area contributed by atoms with Gasteiger partial charge in [0.05, 0.1) is 12.7 Å². The van der Waals surface area contributed by atoms with Crippen molar-refractivity contribution in [3.8, 4) is 0 Å². The molecule has 0 bridgehead atoms. The van der Waals surface area contributed by atoms with Crippen LogP contribution in [-0.2, 0) is 11.8 Å². The molecular formula is C15H19ClN4O2. The van der Waals surface area contributed by atoms with E-state index in [-0.39, 0.29) is 6.10 Å². The number of aryl methyl sites for hydroxylation is 1. The molecule has 7 heteroatoms. The number of rotatable bonds is 4. The number of β-amino-alcohol motifs (C(OH)–C–C–N with tert-alkyl or cyclic N) is 1. The number of ether oxygens (including phenoxy) is 1. The first-order valence-corrected chi connectivity index (χ1v) is 7.62. The molecule has 22 heavy (non-hydrogen) atoms. The number of aromatic nitrogens is 3. The van der Waals surface area contributed by atoms with Crippen LogP contribution in [0.3, 0.4) is 0 Å². The minimum atomic E-state index is -0.572. The first-order chi connectivity index (χ1) is 10.6. The molecule has 1 aliphatic heterocycles. The zero-order chi connectivity index (χ0) is 15.5. The number of aliphatic hydroxyl groups is 1. The summed E-state index contributed by atoms with van der Waals surface area (Å²) >= 11 is 5.98. The predicted molar refractivity (Wildman–Crippen MR) is 82.5 cm³/mol. The van der Waals surface area contributed by atoms with Crippen LogP contribution in [0.25, 0.3) is 0 Å². The number of halogens is 1. The first-order valence-electron chi connectivity index (χ1n) is 7.25. The minimum Gasteiger partial charge on any atom is -0.387 e. The molecule has 0 amide bonds. The zero-order valence-corrected chi connectivity index (χ0v) is 13.1. The first kappa shape index (κ1) is 15.4. The number of hydrogen-bond donors (Lipinski definition) is 1. The van der Waals surface area contributed by atoms with Crippen LogP contribution in [0.2, 0.25) is 5.02 Å². The highest BCUT2D eigenvalue weighted by atomic mass is 35.5. The fourth-order valence-corrected chi connectivity index (χ4v) is 2.87. The van der Waals surface area contributed by atoms with Crippen LogP contribution in [0.5, 0.6) is 0 Å². The van der Waals surface area contributed by atoms with Crippen LogP contribution in [0.4, 0.5) is 0 Å². The monoisotopic (exact) mass is 322 g/mol. The maximum atomic E-state index is 10.4. The molecule has 2 atom stereocenters. The Morgan fingerprint density at radius 2 is 2.36 bits per heavy atom. The molecule has 1 fully saturated rings. The van der Waals surface area contributed by atoms with Crippen LogP contribution in [-0.4, -0.2) is 51.0 Å². The summed E-state index contributed by atoms with van der Waals surface area (Å²) in [6, 6.07) is 7.34. The third-order valence-corrected chi connectivity index (χ3v) is 4.08. The van der Waals surface area contributed by atoms with Crippen molar-refractivity contribution in [2.24, 2.45) is 7.05 Å². The Labute approximate surface area is 134 Å². The van der Waals surface area contributed by atoms with Gasteiger partial charge in [0.15, 0.2) is 5.82 Å². The minimum absolute atomic E-state index is 0.118. The smallest absolute Gasteiger partial charge is 0.163 e. The summed E-state index contributed by atoms with van der Waals surface area (Å²) in [6.45, 7) is 2.62. The van der Waals surface area contributed by atoms with E-state index in [1.54, 1.807) is 18.5 Å². The normalized spacial score (nSPS) is 21.0. The highest BCUT2D eigenvalue weighted by molar-refractivity contribution is 6.30. The Hall–Kier alpha value is -1.47. The molecule has 1 aliphatic rings. The number of hydrogen-bond acceptors (Lipinski definition) is 5. The second-order valence-electron chi connectivity index (χ2n) is 5.49. The maximum Gasteiger partial charge on any atom is 0.163 e. The third-order valence-electron chi connectivity index (χ3n) is 3.85. The number of aliphatic hydroxyl groups excluding tert-OH is 1. The van der Waals surface area contributed by atoms with E-state index < -0.39 is 6.10 Å². The summed E-state index contributed by atoms with van der Waals surface area (Å²) in [6.07, 6.45) is 0.975. The average molecular weight is 323 g/mol. The second kappa shape index (κ2) is 6.75. The van der Waals surface area contributed by atoms with E-state index in [0.717, 1.165) is 17.9 Å². The van der Waals surface area contributed by atoms with E-state index in [4.69, 9.17) is 16.3 Å². The Morgan fingerprint density at radius 3 is 3.09 bits per heavy atom. The number of morpholine rings is 1. The van der Waals surface area contributed by atoms with Crippen LogP contribution in [0.1, 0.15) is 23.6 Å². The molecule has 118 valence electrons. The number of nitrogens with zero attached hydrogens (tertiary/aromatic N) is 4. The van der Waals surface area contributed by atoms with Crippen molar-refractivity contribution in [2.45, 2.75) is 12.2 Å². The van der Waals surface area contributed by atoms with Crippen LogP contribution in [0, 0.1) is 0 Å². The Kier molecular flexibility index (Phi) is 4.73. The van der Waals surface area contributed by atoms with E-state index in [2.05, 4.69) is 15.1 Å². The van der Waals surface area contributed by atoms with Gasteiger partial charge >= 0.3 is 0 Å². The van der Waals surface area contributed by atoms with Gasteiger partial charge in [-0.15, -0.1) is 10.2 Å². The van der Waals surface area contributed by atoms with Crippen LogP contribution < -0.4 is 0 Å². The van der Waals surface area contributed by atoms with Crippen LogP contribution in [0.15, 0.2) is 30.6 Å². The summed E-state index contributed by atoms with van der Waals surface area (Å²) in [5.74, 6) is 0.807. The molecule has 0 spiro atoms. The highest BCUT2D eigenvalue weighted by Gasteiger charge is 2.26. The highest BCUT2D eigenvalue weighted by Crippen LogP contribution is 2.23. The maximum absolute atomic E-state index is 10.4. The van der Waals surface area contributed by atoms with E-state index in [1.165, 1.54) is 0 Å². The van der Waals surface area contributed by atoms with Gasteiger partial charge in [-0.2, -0.15) is 0 Å². The van der Waals surface area contributed by atoms with E-state index >= 15 is 0 Å². The van der Waals surface area contributed by atoms with Gasteiger partial charge in [0, 0.05) is 31.7 Å².